The molecule has 0 saturated heterocycles. The zero-order chi connectivity index (χ0) is 9.56. The molecule has 0 aliphatic rings. The van der Waals surface area contributed by atoms with Crippen molar-refractivity contribution in [3.05, 3.63) is 0 Å². The SMILES string of the molecule is CC(C)C(N)CCCOS(=O)O. The van der Waals surface area contributed by atoms with Crippen LogP contribution in [-0.4, -0.2) is 21.4 Å². The lowest BCUT2D eigenvalue weighted by molar-refractivity contribution is 0.288. The van der Waals surface area contributed by atoms with Gasteiger partial charge in [0.1, 0.15) is 0 Å². The fourth-order valence-corrected chi connectivity index (χ4v) is 1.04. The van der Waals surface area contributed by atoms with Gasteiger partial charge in [-0.05, 0) is 18.8 Å². The van der Waals surface area contributed by atoms with E-state index < -0.39 is 11.4 Å². The van der Waals surface area contributed by atoms with Crippen LogP contribution >= 0.6 is 0 Å². The third-order valence-electron chi connectivity index (χ3n) is 1.72. The summed E-state index contributed by atoms with van der Waals surface area (Å²) in [5, 5.41) is 0. The molecule has 4 nitrogen and oxygen atoms in total. The molecule has 0 aliphatic carbocycles. The highest BCUT2D eigenvalue weighted by Crippen LogP contribution is 2.05. The highest BCUT2D eigenvalue weighted by Gasteiger charge is 2.06. The summed E-state index contributed by atoms with van der Waals surface area (Å²) in [5.74, 6) is 0.449. The number of nitrogens with two attached hydrogens (primary N) is 1. The fourth-order valence-electron chi connectivity index (χ4n) is 0.783. The van der Waals surface area contributed by atoms with Crippen molar-refractivity contribution >= 4 is 11.4 Å². The molecule has 0 aliphatic heterocycles. The molecule has 0 saturated carbocycles. The summed E-state index contributed by atoms with van der Waals surface area (Å²) in [4.78, 5) is 0. The third-order valence-corrected chi connectivity index (χ3v) is 2.09. The van der Waals surface area contributed by atoms with Crippen LogP contribution < -0.4 is 5.73 Å². The summed E-state index contributed by atoms with van der Waals surface area (Å²) in [6.45, 7) is 4.40. The Morgan fingerprint density at radius 1 is 1.58 bits per heavy atom. The molecular formula is C7H17NO3S. The first-order valence-electron chi connectivity index (χ1n) is 4.03. The Labute approximate surface area is 76.0 Å². The van der Waals surface area contributed by atoms with Crippen molar-refractivity contribution in [2.24, 2.45) is 11.7 Å². The second-order valence-electron chi connectivity index (χ2n) is 3.09. The van der Waals surface area contributed by atoms with Crippen LogP contribution in [0.3, 0.4) is 0 Å². The molecule has 12 heavy (non-hydrogen) atoms. The molecule has 2 atom stereocenters. The van der Waals surface area contributed by atoms with Gasteiger partial charge in [0.25, 0.3) is 0 Å². The Hall–Kier alpha value is 0.0300. The Balaban J connectivity index is 3.25. The van der Waals surface area contributed by atoms with Crippen LogP contribution in [0.5, 0.6) is 0 Å². The predicted octanol–water partition coefficient (Wildman–Crippen LogP) is 0.903. The molecule has 0 amide bonds. The van der Waals surface area contributed by atoms with Gasteiger partial charge in [-0.3, -0.25) is 8.74 Å². The number of hydrogen-bond acceptors (Lipinski definition) is 3. The van der Waals surface area contributed by atoms with Gasteiger partial charge in [-0.15, -0.1) is 0 Å². The topological polar surface area (TPSA) is 72.5 Å². The van der Waals surface area contributed by atoms with Crippen LogP contribution in [0.1, 0.15) is 26.7 Å². The Kier molecular flexibility index (Phi) is 6.55. The van der Waals surface area contributed by atoms with E-state index in [0.717, 1.165) is 12.8 Å². The van der Waals surface area contributed by atoms with Gasteiger partial charge in [0, 0.05) is 6.04 Å². The van der Waals surface area contributed by atoms with Gasteiger partial charge in [0.2, 0.25) is 0 Å². The molecule has 0 heterocycles. The van der Waals surface area contributed by atoms with Crippen LogP contribution in [0.4, 0.5) is 0 Å². The molecule has 0 aromatic heterocycles. The monoisotopic (exact) mass is 195 g/mol. The summed E-state index contributed by atoms with van der Waals surface area (Å²) in [6, 6.07) is 0.153. The summed E-state index contributed by atoms with van der Waals surface area (Å²) >= 11 is -2.13. The standard InChI is InChI=1S/C7H17NO3S/c1-6(2)7(8)4-3-5-11-12(9)10/h6-7H,3-5,8H2,1-2H3,(H,9,10). The minimum Gasteiger partial charge on any atom is -0.327 e. The van der Waals surface area contributed by atoms with E-state index in [1.165, 1.54) is 0 Å². The molecule has 0 aromatic carbocycles. The van der Waals surface area contributed by atoms with Crippen LogP contribution in [0.2, 0.25) is 0 Å². The van der Waals surface area contributed by atoms with Crippen molar-refractivity contribution in [3.63, 3.8) is 0 Å². The summed E-state index contributed by atoms with van der Waals surface area (Å²) in [5.41, 5.74) is 5.74. The lowest BCUT2D eigenvalue weighted by atomic mass is 10.0. The molecule has 3 N–H and O–H groups in total. The molecule has 0 fully saturated rings. The zero-order valence-electron chi connectivity index (χ0n) is 7.53. The van der Waals surface area contributed by atoms with Gasteiger partial charge in [0.05, 0.1) is 6.61 Å². The highest BCUT2D eigenvalue weighted by atomic mass is 32.2. The van der Waals surface area contributed by atoms with Crippen LogP contribution in [0.15, 0.2) is 0 Å². The maximum Gasteiger partial charge on any atom is 0.301 e. The van der Waals surface area contributed by atoms with Gasteiger partial charge in [0.15, 0.2) is 0 Å². The van der Waals surface area contributed by atoms with E-state index in [1.807, 2.05) is 0 Å². The van der Waals surface area contributed by atoms with Crippen LogP contribution in [0, 0.1) is 5.92 Å². The molecule has 0 spiro atoms. The van der Waals surface area contributed by atoms with Gasteiger partial charge in [-0.25, -0.2) is 0 Å². The van der Waals surface area contributed by atoms with E-state index >= 15 is 0 Å². The van der Waals surface area contributed by atoms with E-state index in [9.17, 15) is 4.21 Å². The first-order chi connectivity index (χ1) is 5.54. The molecular weight excluding hydrogens is 178 g/mol. The molecule has 74 valence electrons. The lowest BCUT2D eigenvalue weighted by Crippen LogP contribution is -2.26. The zero-order valence-corrected chi connectivity index (χ0v) is 8.34. The van der Waals surface area contributed by atoms with Gasteiger partial charge in [-0.1, -0.05) is 13.8 Å². The quantitative estimate of drug-likeness (QED) is 0.488. The van der Waals surface area contributed by atoms with E-state index in [-0.39, 0.29) is 6.04 Å². The number of rotatable bonds is 6. The minimum absolute atomic E-state index is 0.153. The summed E-state index contributed by atoms with van der Waals surface area (Å²) in [6.07, 6.45) is 1.56. The van der Waals surface area contributed by atoms with E-state index in [0.29, 0.717) is 12.5 Å². The van der Waals surface area contributed by atoms with Crippen molar-refractivity contribution in [3.8, 4) is 0 Å². The average Bonchev–Trinajstić information content (AvgIpc) is 1.97. The van der Waals surface area contributed by atoms with Gasteiger partial charge < -0.3 is 5.73 Å². The highest BCUT2D eigenvalue weighted by molar-refractivity contribution is 7.74. The lowest BCUT2D eigenvalue weighted by Gasteiger charge is -2.14. The number of hydrogen-bond donors (Lipinski definition) is 2. The van der Waals surface area contributed by atoms with Gasteiger partial charge in [-0.2, -0.15) is 4.21 Å². The molecule has 0 rings (SSSR count). The molecule has 0 bridgehead atoms. The maximum absolute atomic E-state index is 10.0. The summed E-state index contributed by atoms with van der Waals surface area (Å²) in [7, 11) is 0. The van der Waals surface area contributed by atoms with Crippen LogP contribution in [-0.2, 0) is 15.5 Å². The maximum atomic E-state index is 10.0. The van der Waals surface area contributed by atoms with Crippen molar-refractivity contribution in [2.45, 2.75) is 32.7 Å². The van der Waals surface area contributed by atoms with Crippen LogP contribution in [0.25, 0.3) is 0 Å². The van der Waals surface area contributed by atoms with E-state index in [2.05, 4.69) is 18.0 Å². The van der Waals surface area contributed by atoms with Crippen molar-refractivity contribution < 1.29 is 12.9 Å². The molecule has 0 radical (unpaired) electrons. The molecule has 5 heteroatoms. The van der Waals surface area contributed by atoms with Gasteiger partial charge >= 0.3 is 11.4 Å². The normalized spacial score (nSPS) is 16.4. The minimum atomic E-state index is -2.13. The smallest absolute Gasteiger partial charge is 0.301 e. The Morgan fingerprint density at radius 3 is 2.58 bits per heavy atom. The first-order valence-corrected chi connectivity index (χ1v) is 5.07. The van der Waals surface area contributed by atoms with Crippen molar-refractivity contribution in [2.75, 3.05) is 6.61 Å². The first kappa shape index (κ1) is 12.0. The second kappa shape index (κ2) is 6.54. The molecule has 2 unspecified atom stereocenters. The fraction of sp³-hybridized carbons (Fsp3) is 1.00. The summed E-state index contributed by atoms with van der Waals surface area (Å²) < 4.78 is 22.7. The third kappa shape index (κ3) is 6.72. The van der Waals surface area contributed by atoms with Crippen molar-refractivity contribution in [1.82, 2.24) is 0 Å². The largest absolute Gasteiger partial charge is 0.327 e. The predicted molar refractivity (Wildman–Crippen MR) is 48.8 cm³/mol. The average molecular weight is 195 g/mol. The Morgan fingerprint density at radius 2 is 2.17 bits per heavy atom. The van der Waals surface area contributed by atoms with E-state index in [4.69, 9.17) is 10.3 Å². The van der Waals surface area contributed by atoms with E-state index in [1.54, 1.807) is 0 Å². The van der Waals surface area contributed by atoms with Crippen molar-refractivity contribution in [1.29, 1.82) is 0 Å². The molecule has 0 aromatic rings. The Bertz CT molecular complexity index is 141. The second-order valence-corrected chi connectivity index (χ2v) is 3.76.